The number of methoxy groups -OCH3 is 2. The van der Waals surface area contributed by atoms with Gasteiger partial charge in [0.25, 0.3) is 0 Å². The number of rotatable bonds is 4. The van der Waals surface area contributed by atoms with Gasteiger partial charge >= 0.3 is 0 Å². The molecular weight excluding hydrogens is 258 g/mol. The third kappa shape index (κ3) is 2.51. The van der Waals surface area contributed by atoms with Crippen molar-refractivity contribution >= 4 is 11.5 Å². The van der Waals surface area contributed by atoms with Crippen molar-refractivity contribution in [1.82, 2.24) is 0 Å². The molecule has 0 saturated heterocycles. The molecule has 0 aromatic heterocycles. The van der Waals surface area contributed by atoms with Gasteiger partial charge in [0, 0.05) is 23.4 Å². The van der Waals surface area contributed by atoms with E-state index in [9.17, 15) is 9.90 Å². The number of phenolic OH excluding ortho intramolecular Hbond substituents is 1. The van der Waals surface area contributed by atoms with Crippen molar-refractivity contribution in [1.29, 1.82) is 0 Å². The van der Waals surface area contributed by atoms with E-state index in [-0.39, 0.29) is 22.8 Å². The summed E-state index contributed by atoms with van der Waals surface area (Å²) in [5, 5.41) is 10.0. The molecule has 0 bridgehead atoms. The van der Waals surface area contributed by atoms with Crippen LogP contribution in [0.2, 0.25) is 0 Å². The normalized spacial score (nSPS) is 10.1. The zero-order valence-corrected chi connectivity index (χ0v) is 11.2. The van der Waals surface area contributed by atoms with Gasteiger partial charge in [-0.25, -0.2) is 0 Å². The summed E-state index contributed by atoms with van der Waals surface area (Å²) < 4.78 is 10.2. The van der Waals surface area contributed by atoms with E-state index in [2.05, 4.69) is 0 Å². The van der Waals surface area contributed by atoms with Crippen LogP contribution in [-0.4, -0.2) is 25.1 Å². The van der Waals surface area contributed by atoms with Crippen molar-refractivity contribution in [3.05, 3.63) is 47.5 Å². The summed E-state index contributed by atoms with van der Waals surface area (Å²) in [7, 11) is 2.89. The number of nitrogens with two attached hydrogens (primary N) is 1. The van der Waals surface area contributed by atoms with Crippen LogP contribution in [0.15, 0.2) is 36.4 Å². The largest absolute Gasteiger partial charge is 0.507 e. The Morgan fingerprint density at radius 2 is 1.90 bits per heavy atom. The van der Waals surface area contributed by atoms with Gasteiger partial charge in [-0.3, -0.25) is 4.79 Å². The smallest absolute Gasteiger partial charge is 0.200 e. The van der Waals surface area contributed by atoms with Crippen LogP contribution in [0.1, 0.15) is 15.9 Å². The van der Waals surface area contributed by atoms with Crippen molar-refractivity contribution in [2.75, 3.05) is 20.0 Å². The summed E-state index contributed by atoms with van der Waals surface area (Å²) in [6, 6.07) is 9.44. The first-order valence-electron chi connectivity index (χ1n) is 5.92. The van der Waals surface area contributed by atoms with Gasteiger partial charge in [0.15, 0.2) is 0 Å². The number of ketones is 1. The average Bonchev–Trinajstić information content (AvgIpc) is 2.45. The molecule has 0 fully saturated rings. The van der Waals surface area contributed by atoms with Gasteiger partial charge in [0.1, 0.15) is 22.8 Å². The van der Waals surface area contributed by atoms with E-state index < -0.39 is 0 Å². The SMILES string of the molecule is COc1cc(O)c(C(=O)c2cccc(N)c2)c(OC)c1. The number of ether oxygens (including phenoxy) is 2. The number of nitrogen functional groups attached to an aromatic ring is 1. The van der Waals surface area contributed by atoms with Gasteiger partial charge < -0.3 is 20.3 Å². The molecule has 0 unspecified atom stereocenters. The first-order valence-corrected chi connectivity index (χ1v) is 5.92. The predicted molar refractivity (Wildman–Crippen MR) is 75.5 cm³/mol. The highest BCUT2D eigenvalue weighted by Gasteiger charge is 2.20. The van der Waals surface area contributed by atoms with Crippen LogP contribution >= 0.6 is 0 Å². The van der Waals surface area contributed by atoms with Gasteiger partial charge in [-0.05, 0) is 12.1 Å². The lowest BCUT2D eigenvalue weighted by molar-refractivity contribution is 0.103. The second-order valence-corrected chi connectivity index (χ2v) is 4.18. The highest BCUT2D eigenvalue weighted by atomic mass is 16.5. The molecular formula is C15H15NO4. The number of carbonyl (C=O) groups is 1. The van der Waals surface area contributed by atoms with Gasteiger partial charge in [-0.1, -0.05) is 12.1 Å². The third-order valence-corrected chi connectivity index (χ3v) is 2.89. The Morgan fingerprint density at radius 1 is 1.15 bits per heavy atom. The van der Waals surface area contributed by atoms with Crippen molar-refractivity contribution < 1.29 is 19.4 Å². The number of hydrogen-bond donors (Lipinski definition) is 2. The van der Waals surface area contributed by atoms with Crippen LogP contribution in [0.4, 0.5) is 5.69 Å². The van der Waals surface area contributed by atoms with Crippen LogP contribution in [0.5, 0.6) is 17.2 Å². The molecule has 2 rings (SSSR count). The predicted octanol–water partition coefficient (Wildman–Crippen LogP) is 2.22. The minimum Gasteiger partial charge on any atom is -0.507 e. The van der Waals surface area contributed by atoms with Gasteiger partial charge in [0.2, 0.25) is 5.78 Å². The quantitative estimate of drug-likeness (QED) is 0.659. The molecule has 0 aliphatic carbocycles. The maximum absolute atomic E-state index is 12.5. The first kappa shape index (κ1) is 13.7. The van der Waals surface area contributed by atoms with Crippen molar-refractivity contribution in [2.45, 2.75) is 0 Å². The van der Waals surface area contributed by atoms with Gasteiger partial charge in [-0.2, -0.15) is 0 Å². The van der Waals surface area contributed by atoms with Crippen LogP contribution in [-0.2, 0) is 0 Å². The highest BCUT2D eigenvalue weighted by Crippen LogP contribution is 2.35. The van der Waals surface area contributed by atoms with E-state index in [0.29, 0.717) is 17.0 Å². The first-order chi connectivity index (χ1) is 9.56. The van der Waals surface area contributed by atoms with E-state index in [1.807, 2.05) is 0 Å². The zero-order valence-electron chi connectivity index (χ0n) is 11.2. The highest BCUT2D eigenvalue weighted by molar-refractivity contribution is 6.13. The molecule has 2 aromatic rings. The minimum absolute atomic E-state index is 0.0823. The number of anilines is 1. The molecule has 20 heavy (non-hydrogen) atoms. The van der Waals surface area contributed by atoms with E-state index in [0.717, 1.165) is 0 Å². The summed E-state index contributed by atoms with van der Waals surface area (Å²) in [5.74, 6) is 0.0840. The van der Waals surface area contributed by atoms with Crippen LogP contribution in [0.3, 0.4) is 0 Å². The second-order valence-electron chi connectivity index (χ2n) is 4.18. The molecule has 104 valence electrons. The lowest BCUT2D eigenvalue weighted by Crippen LogP contribution is -2.05. The molecule has 0 atom stereocenters. The Kier molecular flexibility index (Phi) is 3.79. The second kappa shape index (κ2) is 5.52. The molecule has 3 N–H and O–H groups in total. The lowest BCUT2D eigenvalue weighted by atomic mass is 10.0. The Labute approximate surface area is 116 Å². The molecule has 0 saturated carbocycles. The number of aromatic hydroxyl groups is 1. The molecule has 5 heteroatoms. The summed E-state index contributed by atoms with van der Waals surface area (Å²) in [6.07, 6.45) is 0. The van der Waals surface area contributed by atoms with E-state index in [1.165, 1.54) is 20.3 Å². The fraction of sp³-hybridized carbons (Fsp3) is 0.133. The third-order valence-electron chi connectivity index (χ3n) is 2.89. The number of phenols is 1. The standard InChI is InChI=1S/C15H15NO4/c1-19-11-7-12(17)14(13(8-11)20-2)15(18)9-4-3-5-10(16)6-9/h3-8,17H,16H2,1-2H3. The summed E-state index contributed by atoms with van der Waals surface area (Å²) in [6.45, 7) is 0. The number of carbonyl (C=O) groups excluding carboxylic acids is 1. The summed E-state index contributed by atoms with van der Waals surface area (Å²) in [4.78, 5) is 12.5. The van der Waals surface area contributed by atoms with E-state index in [4.69, 9.17) is 15.2 Å². The molecule has 5 nitrogen and oxygen atoms in total. The lowest BCUT2D eigenvalue weighted by Gasteiger charge is -2.12. The molecule has 0 amide bonds. The minimum atomic E-state index is -0.366. The monoisotopic (exact) mass is 273 g/mol. The molecule has 0 aliphatic heterocycles. The Bertz CT molecular complexity index is 652. The van der Waals surface area contributed by atoms with Gasteiger partial charge in [-0.15, -0.1) is 0 Å². The van der Waals surface area contributed by atoms with E-state index >= 15 is 0 Å². The maximum atomic E-state index is 12.5. The topological polar surface area (TPSA) is 81.8 Å². The van der Waals surface area contributed by atoms with Crippen LogP contribution in [0.25, 0.3) is 0 Å². The summed E-state index contributed by atoms with van der Waals surface area (Å²) >= 11 is 0. The molecule has 0 radical (unpaired) electrons. The fourth-order valence-corrected chi connectivity index (χ4v) is 1.91. The van der Waals surface area contributed by atoms with E-state index in [1.54, 1.807) is 30.3 Å². The van der Waals surface area contributed by atoms with Crippen LogP contribution < -0.4 is 15.2 Å². The number of hydrogen-bond acceptors (Lipinski definition) is 5. The maximum Gasteiger partial charge on any atom is 0.200 e. The molecule has 0 heterocycles. The van der Waals surface area contributed by atoms with Crippen molar-refractivity contribution in [3.63, 3.8) is 0 Å². The Morgan fingerprint density at radius 3 is 2.50 bits per heavy atom. The Balaban J connectivity index is 2.54. The zero-order chi connectivity index (χ0) is 14.7. The fourth-order valence-electron chi connectivity index (χ4n) is 1.91. The summed E-state index contributed by atoms with van der Waals surface area (Å²) in [5.41, 5.74) is 6.60. The van der Waals surface area contributed by atoms with Crippen molar-refractivity contribution in [2.24, 2.45) is 0 Å². The van der Waals surface area contributed by atoms with Crippen molar-refractivity contribution in [3.8, 4) is 17.2 Å². The van der Waals surface area contributed by atoms with Gasteiger partial charge in [0.05, 0.1) is 14.2 Å². The van der Waals surface area contributed by atoms with Crippen LogP contribution in [0, 0.1) is 0 Å². The molecule has 0 aliphatic rings. The average molecular weight is 273 g/mol. The molecule has 2 aromatic carbocycles. The molecule has 0 spiro atoms. The Hall–Kier alpha value is -2.69. The number of benzene rings is 2.